The van der Waals surface area contributed by atoms with Crippen LogP contribution >= 0.6 is 0 Å². The van der Waals surface area contributed by atoms with E-state index < -0.39 is 11.1 Å². The zero-order chi connectivity index (χ0) is 10.7. The van der Waals surface area contributed by atoms with Crippen LogP contribution in [0.5, 0.6) is 0 Å². The first-order valence-corrected chi connectivity index (χ1v) is 4.84. The minimum Gasteiger partial charge on any atom is -0.768 e. The number of nitrogen functional groups attached to an aromatic ring is 1. The first kappa shape index (κ1) is 10.6. The molecular formula is C9H9N2O2S-. The quantitative estimate of drug-likeness (QED) is 0.439. The molecule has 1 aromatic carbocycles. The van der Waals surface area contributed by atoms with Crippen LogP contribution in [-0.2, 0) is 11.1 Å². The van der Waals surface area contributed by atoms with Crippen molar-refractivity contribution in [2.45, 2.75) is 4.90 Å². The molecule has 3 N–H and O–H groups in total. The second-order valence-corrected chi connectivity index (χ2v) is 3.54. The number of nitrogens with one attached hydrogen (secondary N) is 1. The molecule has 0 aliphatic carbocycles. The lowest BCUT2D eigenvalue weighted by Gasteiger charge is -2.09. The molecule has 5 heteroatoms. The molecule has 1 unspecified atom stereocenters. The number of rotatable bonds is 3. The summed E-state index contributed by atoms with van der Waals surface area (Å²) in [6.45, 7) is 3.52. The fourth-order valence-corrected chi connectivity index (χ4v) is 1.46. The van der Waals surface area contributed by atoms with E-state index in [2.05, 4.69) is 6.58 Å². The van der Waals surface area contributed by atoms with Crippen molar-refractivity contribution in [1.29, 1.82) is 5.41 Å². The maximum absolute atomic E-state index is 10.6. The Morgan fingerprint density at radius 1 is 1.64 bits per heavy atom. The Morgan fingerprint density at radius 2 is 2.29 bits per heavy atom. The van der Waals surface area contributed by atoms with Crippen LogP contribution in [0.25, 0.3) is 6.08 Å². The molecule has 0 saturated carbocycles. The van der Waals surface area contributed by atoms with Crippen LogP contribution in [0.3, 0.4) is 0 Å². The SMILES string of the molecule is C=Cc1cc(S(=O)[O-])ccc1C(=N)N. The Labute approximate surface area is 84.2 Å². The number of benzene rings is 1. The zero-order valence-electron chi connectivity index (χ0n) is 7.32. The molecule has 0 spiro atoms. The van der Waals surface area contributed by atoms with E-state index in [9.17, 15) is 8.76 Å². The Morgan fingerprint density at radius 3 is 2.71 bits per heavy atom. The highest BCUT2D eigenvalue weighted by molar-refractivity contribution is 7.79. The largest absolute Gasteiger partial charge is 0.768 e. The Kier molecular flexibility index (Phi) is 3.16. The van der Waals surface area contributed by atoms with Crippen molar-refractivity contribution in [3.05, 3.63) is 35.9 Å². The molecule has 1 atom stereocenters. The lowest BCUT2D eigenvalue weighted by atomic mass is 10.1. The van der Waals surface area contributed by atoms with Gasteiger partial charge in [0.15, 0.2) is 0 Å². The normalized spacial score (nSPS) is 12.1. The predicted octanol–water partition coefficient (Wildman–Crippen LogP) is 0.852. The Hall–Kier alpha value is -1.46. The van der Waals surface area contributed by atoms with E-state index in [0.29, 0.717) is 11.1 Å². The van der Waals surface area contributed by atoms with Gasteiger partial charge >= 0.3 is 0 Å². The van der Waals surface area contributed by atoms with Crippen molar-refractivity contribution in [2.24, 2.45) is 5.73 Å². The highest BCUT2D eigenvalue weighted by Crippen LogP contribution is 2.14. The summed E-state index contributed by atoms with van der Waals surface area (Å²) in [5, 5.41) is 7.23. The fourth-order valence-electron chi connectivity index (χ4n) is 1.06. The van der Waals surface area contributed by atoms with Crippen molar-refractivity contribution in [2.75, 3.05) is 0 Å². The van der Waals surface area contributed by atoms with E-state index in [4.69, 9.17) is 11.1 Å². The summed E-state index contributed by atoms with van der Waals surface area (Å²) in [5.41, 5.74) is 6.32. The summed E-state index contributed by atoms with van der Waals surface area (Å²) in [7, 11) is 0. The summed E-state index contributed by atoms with van der Waals surface area (Å²) < 4.78 is 21.3. The van der Waals surface area contributed by atoms with Crippen LogP contribution in [0.1, 0.15) is 11.1 Å². The Bertz CT molecular complexity index is 415. The summed E-state index contributed by atoms with van der Waals surface area (Å²) in [5.74, 6) is -0.108. The highest BCUT2D eigenvalue weighted by atomic mass is 32.2. The molecule has 1 rings (SSSR count). The van der Waals surface area contributed by atoms with Crippen molar-refractivity contribution in [3.8, 4) is 0 Å². The molecule has 0 fully saturated rings. The minimum atomic E-state index is -2.27. The number of nitrogens with two attached hydrogens (primary N) is 1. The van der Waals surface area contributed by atoms with E-state index in [-0.39, 0.29) is 10.7 Å². The van der Waals surface area contributed by atoms with Gasteiger partial charge in [-0.2, -0.15) is 0 Å². The molecule has 0 aromatic heterocycles. The van der Waals surface area contributed by atoms with Gasteiger partial charge in [0.05, 0.1) is 0 Å². The third-order valence-corrected chi connectivity index (χ3v) is 2.36. The number of hydrogen-bond donors (Lipinski definition) is 2. The average Bonchev–Trinajstić information content (AvgIpc) is 2.16. The molecule has 0 saturated heterocycles. The summed E-state index contributed by atoms with van der Waals surface area (Å²) >= 11 is -2.27. The van der Waals surface area contributed by atoms with Gasteiger partial charge in [-0.05, 0) is 34.8 Å². The van der Waals surface area contributed by atoms with E-state index in [1.54, 1.807) is 0 Å². The molecule has 0 amide bonds. The number of hydrogen-bond acceptors (Lipinski definition) is 3. The molecule has 1 aromatic rings. The van der Waals surface area contributed by atoms with Crippen molar-refractivity contribution >= 4 is 23.0 Å². The van der Waals surface area contributed by atoms with Crippen molar-refractivity contribution in [3.63, 3.8) is 0 Å². The maximum atomic E-state index is 10.6. The third-order valence-electron chi connectivity index (χ3n) is 1.73. The van der Waals surface area contributed by atoms with Gasteiger partial charge in [-0.25, -0.2) is 0 Å². The fraction of sp³-hybridized carbons (Fsp3) is 0. The van der Waals surface area contributed by atoms with Crippen LogP contribution in [0, 0.1) is 5.41 Å². The van der Waals surface area contributed by atoms with Gasteiger partial charge in [-0.1, -0.05) is 12.7 Å². The molecule has 14 heavy (non-hydrogen) atoms. The van der Waals surface area contributed by atoms with Gasteiger partial charge in [0.1, 0.15) is 5.84 Å². The highest BCUT2D eigenvalue weighted by Gasteiger charge is 2.03. The standard InChI is InChI=1S/C9H10N2O2S/c1-2-6-5-7(14(12)13)3-4-8(6)9(10)11/h2-5H,1H2,(H3,10,11)(H,12,13)/p-1. The van der Waals surface area contributed by atoms with Gasteiger partial charge < -0.3 is 10.3 Å². The van der Waals surface area contributed by atoms with E-state index in [1.165, 1.54) is 24.3 Å². The zero-order valence-corrected chi connectivity index (χ0v) is 8.14. The lowest BCUT2D eigenvalue weighted by Crippen LogP contribution is -2.12. The van der Waals surface area contributed by atoms with Crippen LogP contribution in [-0.4, -0.2) is 14.6 Å². The van der Waals surface area contributed by atoms with Gasteiger partial charge in [0.2, 0.25) is 0 Å². The van der Waals surface area contributed by atoms with Gasteiger partial charge in [0.25, 0.3) is 0 Å². The predicted molar refractivity (Wildman–Crippen MR) is 54.7 cm³/mol. The average molecular weight is 209 g/mol. The first-order valence-electron chi connectivity index (χ1n) is 3.76. The molecule has 0 radical (unpaired) electrons. The molecule has 0 bridgehead atoms. The second-order valence-electron chi connectivity index (χ2n) is 2.60. The minimum absolute atomic E-state index is 0.108. The molecule has 74 valence electrons. The second kappa shape index (κ2) is 4.17. The molecule has 4 nitrogen and oxygen atoms in total. The van der Waals surface area contributed by atoms with Gasteiger partial charge in [-0.3, -0.25) is 9.62 Å². The maximum Gasteiger partial charge on any atom is 0.123 e. The summed E-state index contributed by atoms with van der Waals surface area (Å²) in [6.07, 6.45) is 1.47. The van der Waals surface area contributed by atoms with Crippen LogP contribution in [0.15, 0.2) is 29.7 Å². The van der Waals surface area contributed by atoms with Crippen molar-refractivity contribution in [1.82, 2.24) is 0 Å². The van der Waals surface area contributed by atoms with Crippen LogP contribution < -0.4 is 5.73 Å². The van der Waals surface area contributed by atoms with E-state index in [0.717, 1.165) is 0 Å². The lowest BCUT2D eigenvalue weighted by molar-refractivity contribution is 0.537. The van der Waals surface area contributed by atoms with E-state index in [1.807, 2.05) is 0 Å². The third kappa shape index (κ3) is 2.07. The van der Waals surface area contributed by atoms with Gasteiger partial charge in [0, 0.05) is 10.5 Å². The van der Waals surface area contributed by atoms with Crippen LogP contribution in [0.4, 0.5) is 0 Å². The molecular weight excluding hydrogens is 200 g/mol. The summed E-state index contributed by atoms with van der Waals surface area (Å²) in [6, 6.07) is 4.31. The monoisotopic (exact) mass is 209 g/mol. The Balaban J connectivity index is 3.32. The summed E-state index contributed by atoms with van der Waals surface area (Å²) in [4.78, 5) is 0.157. The number of amidine groups is 1. The van der Waals surface area contributed by atoms with Gasteiger partial charge in [-0.15, -0.1) is 0 Å². The molecule has 0 aliphatic rings. The molecule has 0 heterocycles. The van der Waals surface area contributed by atoms with Crippen molar-refractivity contribution < 1.29 is 8.76 Å². The van der Waals surface area contributed by atoms with E-state index >= 15 is 0 Å². The first-order chi connectivity index (χ1) is 6.56. The topological polar surface area (TPSA) is 90.0 Å². The van der Waals surface area contributed by atoms with Crippen LogP contribution in [0.2, 0.25) is 0 Å². The smallest absolute Gasteiger partial charge is 0.123 e. The molecule has 0 aliphatic heterocycles.